The summed E-state index contributed by atoms with van der Waals surface area (Å²) in [5.41, 5.74) is 4.84. The van der Waals surface area contributed by atoms with Crippen LogP contribution >= 0.6 is 0 Å². The van der Waals surface area contributed by atoms with Crippen LogP contribution in [-0.4, -0.2) is 32.8 Å². The van der Waals surface area contributed by atoms with Gasteiger partial charge in [-0.05, 0) is 68.7 Å². The van der Waals surface area contributed by atoms with E-state index in [1.165, 1.54) is 5.56 Å². The van der Waals surface area contributed by atoms with Crippen molar-refractivity contribution in [3.63, 3.8) is 0 Å². The van der Waals surface area contributed by atoms with Crippen LogP contribution in [0.1, 0.15) is 39.5 Å². The molecule has 146 valence electrons. The van der Waals surface area contributed by atoms with Crippen molar-refractivity contribution in [3.8, 4) is 11.5 Å². The maximum Gasteiger partial charge on any atom is 0.251 e. The van der Waals surface area contributed by atoms with Crippen molar-refractivity contribution in [2.45, 2.75) is 40.3 Å². The molecule has 27 heavy (non-hydrogen) atoms. The minimum atomic E-state index is -0.147. The van der Waals surface area contributed by atoms with Crippen molar-refractivity contribution in [1.29, 1.82) is 0 Å². The third-order valence-electron chi connectivity index (χ3n) is 4.48. The lowest BCUT2D eigenvalue weighted by molar-refractivity contribution is 0.0905. The summed E-state index contributed by atoms with van der Waals surface area (Å²) < 4.78 is 16.5. The second-order valence-electron chi connectivity index (χ2n) is 6.85. The highest BCUT2D eigenvalue weighted by Gasteiger charge is 2.14. The summed E-state index contributed by atoms with van der Waals surface area (Å²) in [6, 6.07) is 9.45. The molecule has 1 N–H and O–H groups in total. The minimum Gasteiger partial charge on any atom is -0.496 e. The zero-order valence-corrected chi connectivity index (χ0v) is 17.0. The third-order valence-corrected chi connectivity index (χ3v) is 4.48. The second-order valence-corrected chi connectivity index (χ2v) is 6.85. The van der Waals surface area contributed by atoms with E-state index in [9.17, 15) is 4.79 Å². The van der Waals surface area contributed by atoms with Gasteiger partial charge in [-0.1, -0.05) is 6.07 Å². The Morgan fingerprint density at radius 1 is 1.07 bits per heavy atom. The molecule has 2 rings (SSSR count). The van der Waals surface area contributed by atoms with Crippen LogP contribution in [0.3, 0.4) is 0 Å². The third kappa shape index (κ3) is 5.47. The monoisotopic (exact) mass is 371 g/mol. The molecule has 2 aromatic carbocycles. The molecule has 1 atom stereocenters. The van der Waals surface area contributed by atoms with E-state index in [4.69, 9.17) is 14.2 Å². The van der Waals surface area contributed by atoms with Crippen LogP contribution in [0.2, 0.25) is 0 Å². The summed E-state index contributed by atoms with van der Waals surface area (Å²) in [5.74, 6) is 1.39. The fourth-order valence-electron chi connectivity index (χ4n) is 2.94. The van der Waals surface area contributed by atoms with Crippen molar-refractivity contribution in [2.24, 2.45) is 0 Å². The first-order valence-corrected chi connectivity index (χ1v) is 9.03. The zero-order valence-electron chi connectivity index (χ0n) is 17.0. The van der Waals surface area contributed by atoms with E-state index in [2.05, 4.69) is 18.3 Å². The Morgan fingerprint density at radius 2 is 1.81 bits per heavy atom. The molecule has 5 nitrogen and oxygen atoms in total. The predicted molar refractivity (Wildman–Crippen MR) is 107 cm³/mol. The molecular weight excluding hydrogens is 342 g/mol. The van der Waals surface area contributed by atoms with E-state index in [-0.39, 0.29) is 11.9 Å². The van der Waals surface area contributed by atoms with Gasteiger partial charge in [-0.2, -0.15) is 0 Å². The van der Waals surface area contributed by atoms with E-state index in [1.54, 1.807) is 26.4 Å². The highest BCUT2D eigenvalue weighted by Crippen LogP contribution is 2.26. The lowest BCUT2D eigenvalue weighted by Gasteiger charge is -2.16. The normalized spacial score (nSPS) is 11.8. The van der Waals surface area contributed by atoms with Gasteiger partial charge in [0.15, 0.2) is 0 Å². The van der Waals surface area contributed by atoms with Gasteiger partial charge in [-0.25, -0.2) is 0 Å². The van der Waals surface area contributed by atoms with Crippen LogP contribution in [0, 0.1) is 20.8 Å². The Labute approximate surface area is 161 Å². The summed E-state index contributed by atoms with van der Waals surface area (Å²) >= 11 is 0. The number of benzene rings is 2. The molecule has 2 aromatic rings. The number of carbonyl (C=O) groups is 1. The number of ether oxygens (including phenoxy) is 3. The second kappa shape index (κ2) is 9.42. The zero-order chi connectivity index (χ0) is 20.0. The van der Waals surface area contributed by atoms with Crippen LogP contribution in [0.5, 0.6) is 11.5 Å². The molecule has 0 spiro atoms. The number of amides is 1. The molecule has 0 aromatic heterocycles. The van der Waals surface area contributed by atoms with Crippen molar-refractivity contribution in [3.05, 3.63) is 58.1 Å². The molecule has 1 amide bonds. The van der Waals surface area contributed by atoms with Gasteiger partial charge in [0.2, 0.25) is 0 Å². The van der Waals surface area contributed by atoms with Gasteiger partial charge in [0.1, 0.15) is 18.1 Å². The Bertz CT molecular complexity index is 801. The van der Waals surface area contributed by atoms with Gasteiger partial charge in [-0.3, -0.25) is 4.79 Å². The molecule has 0 bridgehead atoms. The topological polar surface area (TPSA) is 56.8 Å². The lowest BCUT2D eigenvalue weighted by Crippen LogP contribution is -2.35. The van der Waals surface area contributed by atoms with E-state index in [0.717, 1.165) is 22.4 Å². The summed E-state index contributed by atoms with van der Waals surface area (Å²) in [6.07, 6.45) is 0. The number of nitrogens with one attached hydrogen (secondary N) is 1. The number of methoxy groups -OCH3 is 2. The standard InChI is InChI=1S/C22H29NO4/c1-14-9-15(2)17(4)21(10-14)27-13-19-11-18(7-8-20(19)26-6)22(24)23-16(3)12-25-5/h7-11,16H,12-13H2,1-6H3,(H,23,24). The highest BCUT2D eigenvalue weighted by atomic mass is 16.5. The Balaban J connectivity index is 2.19. The van der Waals surface area contributed by atoms with Gasteiger partial charge in [0.05, 0.1) is 13.7 Å². The maximum atomic E-state index is 12.5. The van der Waals surface area contributed by atoms with Crippen LogP contribution in [0.15, 0.2) is 30.3 Å². The van der Waals surface area contributed by atoms with E-state index in [1.807, 2.05) is 32.9 Å². The van der Waals surface area contributed by atoms with Gasteiger partial charge in [0, 0.05) is 24.3 Å². The predicted octanol–water partition coefficient (Wildman–Crippen LogP) is 3.96. The first-order chi connectivity index (χ1) is 12.8. The summed E-state index contributed by atoms with van der Waals surface area (Å²) in [6.45, 7) is 8.85. The fourth-order valence-corrected chi connectivity index (χ4v) is 2.94. The Morgan fingerprint density at radius 3 is 2.48 bits per heavy atom. The van der Waals surface area contributed by atoms with Crippen molar-refractivity contribution in [1.82, 2.24) is 5.32 Å². The average Bonchev–Trinajstić information content (AvgIpc) is 2.63. The lowest BCUT2D eigenvalue weighted by atomic mass is 10.1. The van der Waals surface area contributed by atoms with E-state index >= 15 is 0 Å². The summed E-state index contributed by atoms with van der Waals surface area (Å²) in [5, 5.41) is 2.91. The highest BCUT2D eigenvalue weighted by molar-refractivity contribution is 5.94. The van der Waals surface area contributed by atoms with E-state index in [0.29, 0.717) is 24.5 Å². The SMILES string of the molecule is COCC(C)NC(=O)c1ccc(OC)c(COc2cc(C)cc(C)c2C)c1. The van der Waals surface area contributed by atoms with Crippen molar-refractivity contribution >= 4 is 5.91 Å². The van der Waals surface area contributed by atoms with Crippen molar-refractivity contribution < 1.29 is 19.0 Å². The molecule has 0 saturated carbocycles. The van der Waals surface area contributed by atoms with Crippen LogP contribution in [0.4, 0.5) is 0 Å². The van der Waals surface area contributed by atoms with Gasteiger partial charge in [0.25, 0.3) is 5.91 Å². The van der Waals surface area contributed by atoms with Gasteiger partial charge >= 0.3 is 0 Å². The maximum absolute atomic E-state index is 12.5. The number of hydrogen-bond acceptors (Lipinski definition) is 4. The number of aryl methyl sites for hydroxylation is 2. The van der Waals surface area contributed by atoms with Crippen LogP contribution in [0.25, 0.3) is 0 Å². The molecule has 5 heteroatoms. The van der Waals surface area contributed by atoms with Crippen LogP contribution in [-0.2, 0) is 11.3 Å². The average molecular weight is 371 g/mol. The van der Waals surface area contributed by atoms with E-state index < -0.39 is 0 Å². The minimum absolute atomic E-state index is 0.0674. The fraction of sp³-hybridized carbons (Fsp3) is 0.409. The molecule has 0 aliphatic carbocycles. The Kier molecular flexibility index (Phi) is 7.25. The molecule has 0 radical (unpaired) electrons. The smallest absolute Gasteiger partial charge is 0.251 e. The quantitative estimate of drug-likeness (QED) is 0.763. The molecule has 0 aliphatic rings. The number of hydrogen-bond donors (Lipinski definition) is 1. The largest absolute Gasteiger partial charge is 0.496 e. The van der Waals surface area contributed by atoms with Crippen LogP contribution < -0.4 is 14.8 Å². The molecule has 0 saturated heterocycles. The number of rotatable bonds is 8. The first kappa shape index (κ1) is 20.8. The summed E-state index contributed by atoms with van der Waals surface area (Å²) in [4.78, 5) is 12.5. The molecule has 1 unspecified atom stereocenters. The molecular formula is C22H29NO4. The molecule has 0 fully saturated rings. The molecule has 0 heterocycles. The summed E-state index contributed by atoms with van der Waals surface area (Å²) in [7, 11) is 3.22. The van der Waals surface area contributed by atoms with Gasteiger partial charge < -0.3 is 19.5 Å². The van der Waals surface area contributed by atoms with Crippen molar-refractivity contribution in [2.75, 3.05) is 20.8 Å². The number of carbonyl (C=O) groups excluding carboxylic acids is 1. The molecule has 0 aliphatic heterocycles. The first-order valence-electron chi connectivity index (χ1n) is 9.03. The Hall–Kier alpha value is -2.53. The van der Waals surface area contributed by atoms with Gasteiger partial charge in [-0.15, -0.1) is 0 Å².